The van der Waals surface area contributed by atoms with Crippen LogP contribution in [0.2, 0.25) is 0 Å². The van der Waals surface area contributed by atoms with E-state index in [0.717, 1.165) is 29.7 Å². The normalized spacial score (nSPS) is 13.2. The minimum absolute atomic E-state index is 0.0231. The molecule has 114 valence electrons. The third-order valence-corrected chi connectivity index (χ3v) is 4.44. The highest BCUT2D eigenvalue weighted by atomic mass is 32.2. The van der Waals surface area contributed by atoms with Crippen LogP contribution in [0.5, 0.6) is 5.75 Å². The Balaban J connectivity index is 2.80. The lowest BCUT2D eigenvalue weighted by atomic mass is 10.0. The maximum atomic E-state index is 11.2. The SMILES string of the molecule is CCCC(COc1c(C)ccc(C)c1C)CS(N)(=O)=O. The van der Waals surface area contributed by atoms with E-state index in [4.69, 9.17) is 9.88 Å². The number of aryl methyl sites for hydroxylation is 2. The van der Waals surface area contributed by atoms with Gasteiger partial charge in [0, 0.05) is 5.92 Å². The van der Waals surface area contributed by atoms with Gasteiger partial charge in [-0.1, -0.05) is 25.5 Å². The van der Waals surface area contributed by atoms with Crippen LogP contribution in [0.4, 0.5) is 0 Å². The molecule has 0 amide bonds. The van der Waals surface area contributed by atoms with Crippen molar-refractivity contribution in [2.24, 2.45) is 11.1 Å². The van der Waals surface area contributed by atoms with Crippen LogP contribution in [-0.4, -0.2) is 20.8 Å². The predicted molar refractivity (Wildman–Crippen MR) is 82.5 cm³/mol. The average molecular weight is 299 g/mol. The number of nitrogens with two attached hydrogens (primary N) is 1. The molecule has 0 radical (unpaired) electrons. The van der Waals surface area contributed by atoms with E-state index in [0.29, 0.717) is 6.61 Å². The Hall–Kier alpha value is -1.07. The molecule has 0 spiro atoms. The lowest BCUT2D eigenvalue weighted by Gasteiger charge is -2.19. The van der Waals surface area contributed by atoms with Crippen molar-refractivity contribution in [1.82, 2.24) is 0 Å². The smallest absolute Gasteiger partial charge is 0.209 e. The van der Waals surface area contributed by atoms with Gasteiger partial charge in [-0.2, -0.15) is 0 Å². The first-order chi connectivity index (χ1) is 9.24. The molecule has 0 aliphatic rings. The monoisotopic (exact) mass is 299 g/mol. The van der Waals surface area contributed by atoms with Gasteiger partial charge in [-0.15, -0.1) is 0 Å². The molecule has 0 bridgehead atoms. The molecule has 0 aliphatic heterocycles. The second-order valence-corrected chi connectivity index (χ2v) is 7.11. The number of rotatable bonds is 7. The van der Waals surface area contributed by atoms with E-state index in [2.05, 4.69) is 6.07 Å². The molecule has 0 saturated heterocycles. The molecule has 5 heteroatoms. The minimum atomic E-state index is -3.46. The van der Waals surface area contributed by atoms with Gasteiger partial charge in [0.2, 0.25) is 10.0 Å². The van der Waals surface area contributed by atoms with Crippen LogP contribution in [-0.2, 0) is 10.0 Å². The molecule has 0 fully saturated rings. The lowest BCUT2D eigenvalue weighted by molar-refractivity contribution is 0.249. The summed E-state index contributed by atoms with van der Waals surface area (Å²) in [6.45, 7) is 8.46. The molecule has 1 atom stereocenters. The molecule has 1 aromatic carbocycles. The molecule has 0 saturated carbocycles. The highest BCUT2D eigenvalue weighted by molar-refractivity contribution is 7.89. The van der Waals surface area contributed by atoms with Gasteiger partial charge in [-0.3, -0.25) is 0 Å². The second kappa shape index (κ2) is 7.09. The first-order valence-electron chi connectivity index (χ1n) is 6.94. The molecule has 1 rings (SSSR count). The van der Waals surface area contributed by atoms with Gasteiger partial charge in [-0.25, -0.2) is 13.6 Å². The van der Waals surface area contributed by atoms with Crippen molar-refractivity contribution in [1.29, 1.82) is 0 Å². The predicted octanol–water partition coefficient (Wildman–Crippen LogP) is 2.70. The number of ether oxygens (including phenoxy) is 1. The van der Waals surface area contributed by atoms with E-state index in [1.54, 1.807) is 0 Å². The highest BCUT2D eigenvalue weighted by Gasteiger charge is 2.17. The number of hydrogen-bond acceptors (Lipinski definition) is 3. The zero-order valence-corrected chi connectivity index (χ0v) is 13.6. The van der Waals surface area contributed by atoms with Crippen molar-refractivity contribution in [3.8, 4) is 5.75 Å². The topological polar surface area (TPSA) is 69.4 Å². The zero-order chi connectivity index (χ0) is 15.3. The Labute approximate surface area is 122 Å². The van der Waals surface area contributed by atoms with E-state index >= 15 is 0 Å². The highest BCUT2D eigenvalue weighted by Crippen LogP contribution is 2.26. The summed E-state index contributed by atoms with van der Waals surface area (Å²) in [6, 6.07) is 4.08. The van der Waals surface area contributed by atoms with Crippen molar-refractivity contribution in [3.05, 3.63) is 28.8 Å². The summed E-state index contributed by atoms with van der Waals surface area (Å²) in [5.41, 5.74) is 3.35. The molecule has 1 aromatic rings. The fourth-order valence-corrected chi connectivity index (χ4v) is 3.22. The quantitative estimate of drug-likeness (QED) is 0.841. The number of hydrogen-bond donors (Lipinski definition) is 1. The molecule has 1 unspecified atom stereocenters. The van der Waals surface area contributed by atoms with Crippen molar-refractivity contribution < 1.29 is 13.2 Å². The van der Waals surface area contributed by atoms with Crippen LogP contribution in [0.15, 0.2) is 12.1 Å². The molecule has 0 aromatic heterocycles. The summed E-state index contributed by atoms with van der Waals surface area (Å²) in [4.78, 5) is 0. The standard InChI is InChI=1S/C15H25NO3S/c1-5-6-14(10-20(16,17)18)9-19-15-12(3)8-7-11(2)13(15)4/h7-8,14H,5-6,9-10H2,1-4H3,(H2,16,17,18). The average Bonchev–Trinajstić information content (AvgIpc) is 2.32. The Morgan fingerprint density at radius 3 is 2.35 bits per heavy atom. The maximum absolute atomic E-state index is 11.2. The number of sulfonamides is 1. The van der Waals surface area contributed by atoms with Crippen molar-refractivity contribution in [2.45, 2.75) is 40.5 Å². The van der Waals surface area contributed by atoms with Crippen LogP contribution in [0, 0.1) is 26.7 Å². The fourth-order valence-electron chi connectivity index (χ4n) is 2.30. The molecule has 2 N–H and O–H groups in total. The third-order valence-electron chi connectivity index (χ3n) is 3.50. The summed E-state index contributed by atoms with van der Waals surface area (Å²) < 4.78 is 28.4. The molecule has 0 aliphatic carbocycles. The van der Waals surface area contributed by atoms with Gasteiger partial charge >= 0.3 is 0 Å². The summed E-state index contributed by atoms with van der Waals surface area (Å²) >= 11 is 0. The van der Waals surface area contributed by atoms with E-state index in [1.165, 1.54) is 5.56 Å². The summed E-state index contributed by atoms with van der Waals surface area (Å²) in [5, 5.41) is 5.14. The van der Waals surface area contributed by atoms with Crippen LogP contribution >= 0.6 is 0 Å². The van der Waals surface area contributed by atoms with Crippen molar-refractivity contribution in [3.63, 3.8) is 0 Å². The maximum Gasteiger partial charge on any atom is 0.209 e. The van der Waals surface area contributed by atoms with Gasteiger partial charge in [0.25, 0.3) is 0 Å². The van der Waals surface area contributed by atoms with E-state index in [9.17, 15) is 8.42 Å². The Morgan fingerprint density at radius 1 is 1.20 bits per heavy atom. The van der Waals surface area contributed by atoms with Crippen molar-refractivity contribution in [2.75, 3.05) is 12.4 Å². The van der Waals surface area contributed by atoms with Crippen LogP contribution in [0.1, 0.15) is 36.5 Å². The molecule has 4 nitrogen and oxygen atoms in total. The van der Waals surface area contributed by atoms with Crippen molar-refractivity contribution >= 4 is 10.0 Å². The fraction of sp³-hybridized carbons (Fsp3) is 0.600. The van der Waals surface area contributed by atoms with Crippen LogP contribution in [0.25, 0.3) is 0 Å². The van der Waals surface area contributed by atoms with Gasteiger partial charge in [0.05, 0.1) is 12.4 Å². The second-order valence-electron chi connectivity index (χ2n) is 5.45. The third kappa shape index (κ3) is 5.13. The van der Waals surface area contributed by atoms with Crippen LogP contribution in [0.3, 0.4) is 0 Å². The first-order valence-corrected chi connectivity index (χ1v) is 8.66. The molecule has 20 heavy (non-hydrogen) atoms. The first kappa shape index (κ1) is 17.0. The summed E-state index contributed by atoms with van der Waals surface area (Å²) in [6.07, 6.45) is 1.70. The Morgan fingerprint density at radius 2 is 1.80 bits per heavy atom. The van der Waals surface area contributed by atoms with Crippen LogP contribution < -0.4 is 9.88 Å². The molecular formula is C15H25NO3S. The Bertz CT molecular complexity index is 552. The van der Waals surface area contributed by atoms with Gasteiger partial charge < -0.3 is 4.74 Å². The number of primary sulfonamides is 1. The summed E-state index contributed by atoms with van der Waals surface area (Å²) in [5.74, 6) is 0.778. The zero-order valence-electron chi connectivity index (χ0n) is 12.8. The van der Waals surface area contributed by atoms with Gasteiger partial charge in [-0.05, 0) is 43.9 Å². The summed E-state index contributed by atoms with van der Waals surface area (Å²) in [7, 11) is -3.46. The van der Waals surface area contributed by atoms with E-state index < -0.39 is 10.0 Å². The minimum Gasteiger partial charge on any atom is -0.493 e. The van der Waals surface area contributed by atoms with E-state index in [-0.39, 0.29) is 11.7 Å². The van der Waals surface area contributed by atoms with Gasteiger partial charge in [0.15, 0.2) is 0 Å². The molecular weight excluding hydrogens is 274 g/mol. The Kier molecular flexibility index (Phi) is 6.02. The van der Waals surface area contributed by atoms with E-state index in [1.807, 2.05) is 33.8 Å². The lowest BCUT2D eigenvalue weighted by Crippen LogP contribution is -2.27. The number of benzene rings is 1. The van der Waals surface area contributed by atoms with Gasteiger partial charge in [0.1, 0.15) is 5.75 Å². The molecule has 0 heterocycles. The largest absolute Gasteiger partial charge is 0.493 e.